The first-order valence-electron chi connectivity index (χ1n) is 8.77. The van der Waals surface area contributed by atoms with Crippen molar-refractivity contribution in [2.24, 2.45) is 0 Å². The predicted molar refractivity (Wildman–Crippen MR) is 101 cm³/mol. The van der Waals surface area contributed by atoms with Crippen molar-refractivity contribution in [3.63, 3.8) is 0 Å². The summed E-state index contributed by atoms with van der Waals surface area (Å²) < 4.78 is 30.3. The van der Waals surface area contributed by atoms with Crippen molar-refractivity contribution < 1.29 is 23.7 Å². The summed E-state index contributed by atoms with van der Waals surface area (Å²) in [5, 5.41) is 0. The number of pyridine rings is 1. The van der Waals surface area contributed by atoms with Crippen LogP contribution in [0, 0.1) is 0 Å². The Morgan fingerprint density at radius 2 is 2.04 bits per heavy atom. The molecule has 1 aliphatic rings. The molecule has 1 atom stereocenters. The van der Waals surface area contributed by atoms with Crippen molar-refractivity contribution in [3.8, 4) is 29.0 Å². The van der Waals surface area contributed by atoms with Crippen molar-refractivity contribution >= 4 is 0 Å². The van der Waals surface area contributed by atoms with E-state index in [4.69, 9.17) is 23.7 Å². The molecule has 1 unspecified atom stereocenters. The standard InChI is InChI=1S/C20H21N3O5/c1-24-15-8-13(10-23-7-6-21-12-23)9-16-19(15)28-17(11-27-16)14-4-5-18(25-2)22-20(14)26-3/h4-9,12,17H,10-11H2,1-3H3. The molecule has 146 valence electrons. The zero-order valence-electron chi connectivity index (χ0n) is 15.9. The van der Waals surface area contributed by atoms with Crippen LogP contribution in [0.3, 0.4) is 0 Å². The third kappa shape index (κ3) is 3.40. The van der Waals surface area contributed by atoms with Gasteiger partial charge in [0.25, 0.3) is 0 Å². The molecule has 0 saturated heterocycles. The number of fused-ring (bicyclic) bond motifs is 1. The minimum Gasteiger partial charge on any atom is -0.493 e. The quantitative estimate of drug-likeness (QED) is 0.648. The molecular formula is C20H21N3O5. The maximum atomic E-state index is 6.22. The smallest absolute Gasteiger partial charge is 0.223 e. The average Bonchev–Trinajstić information content (AvgIpc) is 3.25. The second-order valence-electron chi connectivity index (χ2n) is 6.23. The van der Waals surface area contributed by atoms with Crippen LogP contribution >= 0.6 is 0 Å². The summed E-state index contributed by atoms with van der Waals surface area (Å²) >= 11 is 0. The van der Waals surface area contributed by atoms with Gasteiger partial charge in [0.05, 0.1) is 33.2 Å². The van der Waals surface area contributed by atoms with Crippen molar-refractivity contribution in [2.45, 2.75) is 12.6 Å². The summed E-state index contributed by atoms with van der Waals surface area (Å²) in [5.74, 6) is 2.72. The maximum absolute atomic E-state index is 6.22. The fraction of sp³-hybridized carbons (Fsp3) is 0.300. The zero-order chi connectivity index (χ0) is 19.5. The number of hydrogen-bond donors (Lipinski definition) is 0. The monoisotopic (exact) mass is 383 g/mol. The number of nitrogens with zero attached hydrogens (tertiary/aromatic N) is 3. The van der Waals surface area contributed by atoms with Gasteiger partial charge in [-0.05, 0) is 23.8 Å². The largest absolute Gasteiger partial charge is 0.493 e. The third-order valence-electron chi connectivity index (χ3n) is 4.49. The summed E-state index contributed by atoms with van der Waals surface area (Å²) in [5.41, 5.74) is 1.80. The molecule has 3 heterocycles. The van der Waals surface area contributed by atoms with Crippen molar-refractivity contribution in [2.75, 3.05) is 27.9 Å². The summed E-state index contributed by atoms with van der Waals surface area (Å²) in [7, 11) is 4.73. The first-order valence-corrected chi connectivity index (χ1v) is 8.77. The predicted octanol–water partition coefficient (Wildman–Crippen LogP) is 2.86. The third-order valence-corrected chi connectivity index (χ3v) is 4.49. The van der Waals surface area contributed by atoms with Crippen LogP contribution in [0.5, 0.6) is 29.0 Å². The highest BCUT2D eigenvalue weighted by molar-refractivity contribution is 5.55. The van der Waals surface area contributed by atoms with Crippen LogP contribution < -0.4 is 23.7 Å². The first kappa shape index (κ1) is 18.0. The molecule has 0 spiro atoms. The highest BCUT2D eigenvalue weighted by Crippen LogP contribution is 2.45. The van der Waals surface area contributed by atoms with Crippen LogP contribution in [-0.4, -0.2) is 42.5 Å². The van der Waals surface area contributed by atoms with Gasteiger partial charge in [-0.2, -0.15) is 4.98 Å². The average molecular weight is 383 g/mol. The number of aromatic nitrogens is 3. The minimum absolute atomic E-state index is 0.328. The number of hydrogen-bond acceptors (Lipinski definition) is 7. The molecule has 3 aromatic rings. The molecule has 1 aromatic carbocycles. The molecule has 0 saturated carbocycles. The number of rotatable bonds is 6. The van der Waals surface area contributed by atoms with Crippen LogP contribution in [-0.2, 0) is 6.54 Å². The molecule has 8 heteroatoms. The molecule has 8 nitrogen and oxygen atoms in total. The van der Waals surface area contributed by atoms with E-state index in [2.05, 4.69) is 9.97 Å². The van der Waals surface area contributed by atoms with E-state index in [0.29, 0.717) is 42.2 Å². The van der Waals surface area contributed by atoms with Crippen molar-refractivity contribution in [3.05, 3.63) is 54.1 Å². The van der Waals surface area contributed by atoms with E-state index < -0.39 is 0 Å². The van der Waals surface area contributed by atoms with E-state index in [1.54, 1.807) is 39.9 Å². The number of ether oxygens (including phenoxy) is 5. The Morgan fingerprint density at radius 1 is 1.14 bits per heavy atom. The van der Waals surface area contributed by atoms with E-state index in [1.165, 1.54) is 0 Å². The fourth-order valence-corrected chi connectivity index (χ4v) is 3.14. The summed E-state index contributed by atoms with van der Waals surface area (Å²) in [6, 6.07) is 7.53. The normalized spacial score (nSPS) is 15.2. The van der Waals surface area contributed by atoms with Gasteiger partial charge in [0, 0.05) is 25.0 Å². The Hall–Kier alpha value is -3.42. The van der Waals surface area contributed by atoms with Gasteiger partial charge >= 0.3 is 0 Å². The van der Waals surface area contributed by atoms with E-state index >= 15 is 0 Å². The lowest BCUT2D eigenvalue weighted by atomic mass is 10.1. The summed E-state index contributed by atoms with van der Waals surface area (Å²) in [6.45, 7) is 0.988. The highest BCUT2D eigenvalue weighted by atomic mass is 16.6. The molecule has 0 fully saturated rings. The van der Waals surface area contributed by atoms with Crippen molar-refractivity contribution in [1.82, 2.24) is 14.5 Å². The maximum Gasteiger partial charge on any atom is 0.223 e. The Labute approximate surface area is 162 Å². The second-order valence-corrected chi connectivity index (χ2v) is 6.23. The van der Waals surface area contributed by atoms with Gasteiger partial charge in [-0.15, -0.1) is 0 Å². The zero-order valence-corrected chi connectivity index (χ0v) is 15.9. The Balaban J connectivity index is 1.63. The van der Waals surface area contributed by atoms with Crippen LogP contribution in [0.15, 0.2) is 43.0 Å². The van der Waals surface area contributed by atoms with Gasteiger partial charge in [0.15, 0.2) is 17.6 Å². The van der Waals surface area contributed by atoms with Crippen LogP contribution in [0.1, 0.15) is 17.2 Å². The lowest BCUT2D eigenvalue weighted by Gasteiger charge is -2.29. The summed E-state index contributed by atoms with van der Waals surface area (Å²) in [6.07, 6.45) is 5.04. The Morgan fingerprint density at radius 3 is 2.75 bits per heavy atom. The van der Waals surface area contributed by atoms with Crippen LogP contribution in [0.25, 0.3) is 0 Å². The molecule has 0 amide bonds. The van der Waals surface area contributed by atoms with Crippen LogP contribution in [0.4, 0.5) is 0 Å². The van der Waals surface area contributed by atoms with E-state index in [9.17, 15) is 0 Å². The van der Waals surface area contributed by atoms with Gasteiger partial charge in [-0.1, -0.05) is 0 Å². The van der Waals surface area contributed by atoms with E-state index in [0.717, 1.165) is 11.1 Å². The Bertz CT molecular complexity index is 941. The van der Waals surface area contributed by atoms with Gasteiger partial charge in [0.2, 0.25) is 17.5 Å². The van der Waals surface area contributed by atoms with Crippen molar-refractivity contribution in [1.29, 1.82) is 0 Å². The lowest BCUT2D eigenvalue weighted by Crippen LogP contribution is -2.23. The number of methoxy groups -OCH3 is 3. The molecule has 0 aliphatic carbocycles. The van der Waals surface area contributed by atoms with E-state index in [1.807, 2.05) is 29.0 Å². The second kappa shape index (κ2) is 7.67. The Kier molecular flexibility index (Phi) is 4.92. The highest BCUT2D eigenvalue weighted by Gasteiger charge is 2.29. The van der Waals surface area contributed by atoms with Gasteiger partial charge in [0.1, 0.15) is 6.61 Å². The molecular weight excluding hydrogens is 362 g/mol. The number of imidazole rings is 1. The molecule has 2 aromatic heterocycles. The molecule has 0 N–H and O–H groups in total. The van der Waals surface area contributed by atoms with Gasteiger partial charge in [-0.25, -0.2) is 4.98 Å². The van der Waals surface area contributed by atoms with Gasteiger partial charge in [-0.3, -0.25) is 0 Å². The molecule has 0 bridgehead atoms. The fourth-order valence-electron chi connectivity index (χ4n) is 3.14. The lowest BCUT2D eigenvalue weighted by molar-refractivity contribution is 0.0845. The van der Waals surface area contributed by atoms with E-state index in [-0.39, 0.29) is 6.10 Å². The first-order chi connectivity index (χ1) is 13.7. The molecule has 4 rings (SSSR count). The number of benzene rings is 1. The summed E-state index contributed by atoms with van der Waals surface area (Å²) in [4.78, 5) is 8.39. The molecule has 1 aliphatic heterocycles. The molecule has 28 heavy (non-hydrogen) atoms. The topological polar surface area (TPSA) is 76.9 Å². The van der Waals surface area contributed by atoms with Gasteiger partial charge < -0.3 is 28.3 Å². The molecule has 0 radical (unpaired) electrons. The minimum atomic E-state index is -0.380. The SMILES string of the molecule is COc1ccc(C2COc3cc(Cn4ccnc4)cc(OC)c3O2)c(OC)n1. The van der Waals surface area contributed by atoms with Crippen LogP contribution in [0.2, 0.25) is 0 Å².